The van der Waals surface area contributed by atoms with Crippen LogP contribution in [0, 0.1) is 5.92 Å². The summed E-state index contributed by atoms with van der Waals surface area (Å²) in [5, 5.41) is 8.68. The lowest BCUT2D eigenvalue weighted by Crippen LogP contribution is -2.30. The highest BCUT2D eigenvalue weighted by Gasteiger charge is 2.37. The van der Waals surface area contributed by atoms with E-state index >= 15 is 0 Å². The number of hydrogen-bond donors (Lipinski definition) is 1. The molecule has 0 amide bonds. The molecule has 2 aromatic carbocycles. The molecule has 1 saturated heterocycles. The number of anilines is 1. The third-order valence-corrected chi connectivity index (χ3v) is 8.83. The van der Waals surface area contributed by atoms with Gasteiger partial charge >= 0.3 is 0 Å². The Morgan fingerprint density at radius 3 is 2.63 bits per heavy atom. The lowest BCUT2D eigenvalue weighted by Gasteiger charge is -2.31. The minimum Gasteiger partial charge on any atom is -0.516 e. The predicted molar refractivity (Wildman–Crippen MR) is 164 cm³/mol. The highest BCUT2D eigenvalue weighted by molar-refractivity contribution is 6.35. The number of nitrogens with zero attached hydrogens (tertiary/aromatic N) is 5. The Hall–Kier alpha value is -3.92. The van der Waals surface area contributed by atoms with Crippen molar-refractivity contribution >= 4 is 50.5 Å². The maximum absolute atomic E-state index is 13.9. The van der Waals surface area contributed by atoms with Gasteiger partial charge in [0.2, 0.25) is 0 Å². The summed E-state index contributed by atoms with van der Waals surface area (Å²) >= 11 is 6.70. The zero-order valence-electron chi connectivity index (χ0n) is 24.1. The predicted octanol–water partition coefficient (Wildman–Crippen LogP) is 8.80. The number of para-hydroxylation sites is 2. The monoisotopic (exact) mass is 609 g/mol. The molecule has 43 heavy (non-hydrogen) atoms. The van der Waals surface area contributed by atoms with Crippen molar-refractivity contribution in [1.29, 1.82) is 0 Å². The van der Waals surface area contributed by atoms with E-state index in [-0.39, 0.29) is 18.2 Å². The molecule has 5 aromatic rings. The van der Waals surface area contributed by atoms with Crippen LogP contribution in [0.1, 0.15) is 64.2 Å². The maximum Gasteiger partial charge on any atom is 0.298 e. The standard InChI is InChI=1S/C30H30ClF2N5O2.C2H4O/c1-16-8-3-5-12-22(16)38-25-20(31)10-7-11-21(25)34-30(38)39-18-14-17(2)37(15-18)29-26-24(35-28(36-29)27(32)33)19-9-4-6-13-23(19)40-26;1-2-3/h4,6-7,9-11,13,16-18,22,27H,3,5,8,12,14-15H2,1-2H3;2-3H,1H2/t16?,17-,18+,22?;/m1./s1. The summed E-state index contributed by atoms with van der Waals surface area (Å²) in [5.41, 5.74) is 3.11. The zero-order chi connectivity index (χ0) is 30.2. The highest BCUT2D eigenvalue weighted by Crippen LogP contribution is 2.42. The topological polar surface area (TPSA) is 89.4 Å². The number of hydrogen-bond acceptors (Lipinski definition) is 7. The highest BCUT2D eigenvalue weighted by atomic mass is 35.5. The van der Waals surface area contributed by atoms with Gasteiger partial charge in [-0.25, -0.2) is 18.7 Å². The zero-order valence-corrected chi connectivity index (χ0v) is 24.8. The average Bonchev–Trinajstić information content (AvgIpc) is 3.66. The molecule has 7 rings (SSSR count). The minimum atomic E-state index is -2.80. The van der Waals surface area contributed by atoms with Gasteiger partial charge in [-0.05, 0) is 49.9 Å². The van der Waals surface area contributed by atoms with Gasteiger partial charge in [0, 0.05) is 23.9 Å². The first-order valence-electron chi connectivity index (χ1n) is 14.6. The fourth-order valence-corrected chi connectivity index (χ4v) is 6.81. The largest absolute Gasteiger partial charge is 0.516 e. The van der Waals surface area contributed by atoms with Crippen LogP contribution in [0.2, 0.25) is 5.02 Å². The van der Waals surface area contributed by atoms with Crippen LogP contribution in [0.25, 0.3) is 33.1 Å². The Morgan fingerprint density at radius 1 is 1.09 bits per heavy atom. The molecule has 4 atom stereocenters. The summed E-state index contributed by atoms with van der Waals surface area (Å²) in [6, 6.07) is 13.9. The first kappa shape index (κ1) is 29.2. The second-order valence-electron chi connectivity index (χ2n) is 11.3. The maximum atomic E-state index is 13.9. The molecule has 11 heteroatoms. The number of halogens is 3. The summed E-state index contributed by atoms with van der Waals surface area (Å²) in [4.78, 5) is 15.3. The lowest BCUT2D eigenvalue weighted by atomic mass is 9.85. The number of aliphatic hydroxyl groups is 1. The summed E-state index contributed by atoms with van der Waals surface area (Å²) < 4.78 is 42.8. The molecular weight excluding hydrogens is 576 g/mol. The van der Waals surface area contributed by atoms with E-state index in [0.717, 1.165) is 36.6 Å². The molecule has 1 aliphatic heterocycles. The number of aliphatic hydroxyl groups excluding tert-OH is 1. The first-order valence-corrected chi connectivity index (χ1v) is 15.0. The quantitative estimate of drug-likeness (QED) is 0.199. The van der Waals surface area contributed by atoms with E-state index in [9.17, 15) is 8.78 Å². The van der Waals surface area contributed by atoms with E-state index in [0.29, 0.717) is 57.8 Å². The van der Waals surface area contributed by atoms with Gasteiger partial charge in [0.1, 0.15) is 17.2 Å². The molecule has 3 aromatic heterocycles. The number of benzene rings is 2. The van der Waals surface area contributed by atoms with Crippen molar-refractivity contribution in [2.75, 3.05) is 11.4 Å². The SMILES string of the molecule is C=CO.CC1CCCCC1n1c(O[C@H]2C[C@@H](C)N(c3nc(C(F)F)nc4c3oc3ccccc34)C2)nc2cccc(Cl)c21. The van der Waals surface area contributed by atoms with Gasteiger partial charge < -0.3 is 19.2 Å². The number of rotatable bonds is 5. The number of furan rings is 1. The molecule has 2 unspecified atom stereocenters. The van der Waals surface area contributed by atoms with Gasteiger partial charge in [-0.2, -0.15) is 4.98 Å². The third-order valence-electron chi connectivity index (χ3n) is 8.52. The van der Waals surface area contributed by atoms with Crippen LogP contribution in [0.5, 0.6) is 6.01 Å². The summed E-state index contributed by atoms with van der Waals surface area (Å²) in [6.45, 7) is 7.69. The summed E-state index contributed by atoms with van der Waals surface area (Å²) in [7, 11) is 0. The first-order chi connectivity index (χ1) is 20.8. The van der Waals surface area contributed by atoms with E-state index in [1.54, 1.807) is 0 Å². The van der Waals surface area contributed by atoms with E-state index in [4.69, 9.17) is 30.8 Å². The Balaban J connectivity index is 0.00000105. The second kappa shape index (κ2) is 12.0. The van der Waals surface area contributed by atoms with Gasteiger partial charge in [-0.3, -0.25) is 4.57 Å². The Kier molecular flexibility index (Phi) is 8.13. The van der Waals surface area contributed by atoms with E-state index in [1.807, 2.05) is 54.3 Å². The molecule has 1 saturated carbocycles. The van der Waals surface area contributed by atoms with Gasteiger partial charge in [-0.1, -0.05) is 56.1 Å². The Bertz CT molecular complexity index is 1770. The van der Waals surface area contributed by atoms with Crippen molar-refractivity contribution in [2.45, 2.75) is 70.6 Å². The normalized spacial score (nSPS) is 22.3. The summed E-state index contributed by atoms with van der Waals surface area (Å²) in [6.07, 6.45) is 2.96. The van der Waals surface area contributed by atoms with Crippen molar-refractivity contribution in [3.8, 4) is 6.01 Å². The lowest BCUT2D eigenvalue weighted by molar-refractivity contribution is 0.141. The fourth-order valence-electron chi connectivity index (χ4n) is 6.55. The van der Waals surface area contributed by atoms with Crippen LogP contribution < -0.4 is 9.64 Å². The third kappa shape index (κ3) is 5.37. The fraction of sp³-hybridized carbons (Fsp3) is 0.406. The van der Waals surface area contributed by atoms with Crippen LogP contribution in [-0.4, -0.2) is 43.3 Å². The minimum absolute atomic E-state index is 0.0307. The van der Waals surface area contributed by atoms with Gasteiger partial charge in [0.15, 0.2) is 17.2 Å². The molecule has 0 bridgehead atoms. The number of fused-ring (bicyclic) bond motifs is 4. The Morgan fingerprint density at radius 2 is 1.86 bits per heavy atom. The molecule has 0 spiro atoms. The molecule has 0 radical (unpaired) electrons. The number of imidazole rings is 1. The van der Waals surface area contributed by atoms with Crippen LogP contribution in [0.15, 0.2) is 59.7 Å². The van der Waals surface area contributed by atoms with E-state index in [2.05, 4.69) is 28.0 Å². The second-order valence-corrected chi connectivity index (χ2v) is 11.7. The van der Waals surface area contributed by atoms with Crippen molar-refractivity contribution < 1.29 is 23.0 Å². The van der Waals surface area contributed by atoms with Gasteiger partial charge in [0.25, 0.3) is 12.4 Å². The molecule has 226 valence electrons. The van der Waals surface area contributed by atoms with Crippen molar-refractivity contribution in [1.82, 2.24) is 19.5 Å². The molecule has 1 N–H and O–H groups in total. The number of aromatic nitrogens is 4. The van der Waals surface area contributed by atoms with Crippen molar-refractivity contribution in [2.24, 2.45) is 5.92 Å². The number of ether oxygens (including phenoxy) is 1. The smallest absolute Gasteiger partial charge is 0.298 e. The summed E-state index contributed by atoms with van der Waals surface area (Å²) in [5.74, 6) is 0.333. The van der Waals surface area contributed by atoms with Crippen molar-refractivity contribution in [3.63, 3.8) is 0 Å². The Labute approximate surface area is 252 Å². The molecule has 2 fully saturated rings. The van der Waals surface area contributed by atoms with Crippen LogP contribution in [0.4, 0.5) is 14.6 Å². The van der Waals surface area contributed by atoms with E-state index in [1.165, 1.54) is 6.42 Å². The van der Waals surface area contributed by atoms with Gasteiger partial charge in [-0.15, -0.1) is 0 Å². The van der Waals surface area contributed by atoms with Crippen molar-refractivity contribution in [3.05, 3.63) is 66.2 Å². The molecule has 8 nitrogen and oxygen atoms in total. The molecule has 2 aliphatic rings. The average molecular weight is 610 g/mol. The number of alkyl halides is 2. The van der Waals surface area contributed by atoms with Crippen LogP contribution in [0.3, 0.4) is 0 Å². The van der Waals surface area contributed by atoms with Gasteiger partial charge in [0.05, 0.1) is 28.9 Å². The molecular formula is C32H34ClF2N5O3. The van der Waals surface area contributed by atoms with Crippen LogP contribution >= 0.6 is 11.6 Å². The van der Waals surface area contributed by atoms with E-state index < -0.39 is 12.2 Å². The molecule has 1 aliphatic carbocycles. The van der Waals surface area contributed by atoms with Crippen LogP contribution in [-0.2, 0) is 0 Å². The molecule has 4 heterocycles.